The summed E-state index contributed by atoms with van der Waals surface area (Å²) in [6.45, 7) is 6.09. The van der Waals surface area contributed by atoms with E-state index in [2.05, 4.69) is 9.80 Å². The number of anilines is 3. The number of nitrogens with zero attached hydrogens (tertiary/aromatic N) is 5. The number of para-hydroxylation sites is 2. The Balaban J connectivity index is 1.37. The van der Waals surface area contributed by atoms with Crippen LogP contribution in [0.25, 0.3) is 0 Å². The molecule has 12 heteroatoms. The molecule has 224 valence electrons. The summed E-state index contributed by atoms with van der Waals surface area (Å²) in [7, 11) is -0.736. The van der Waals surface area contributed by atoms with E-state index in [1.54, 1.807) is 11.9 Å². The van der Waals surface area contributed by atoms with Crippen molar-refractivity contribution in [2.24, 2.45) is 0 Å². The topological polar surface area (TPSA) is 109 Å². The predicted molar refractivity (Wildman–Crippen MR) is 163 cm³/mol. The lowest BCUT2D eigenvalue weighted by atomic mass is 10.1. The van der Waals surface area contributed by atoms with Gasteiger partial charge in [-0.05, 0) is 35.4 Å². The molecule has 0 unspecified atom stereocenters. The molecule has 0 atom stereocenters. The number of sulfonamides is 1. The van der Waals surface area contributed by atoms with Crippen molar-refractivity contribution in [3.8, 4) is 0 Å². The molecular weight excluding hydrogens is 558 g/mol. The van der Waals surface area contributed by atoms with Crippen LogP contribution in [-0.2, 0) is 32.6 Å². The smallest absolute Gasteiger partial charge is 0.293 e. The first-order chi connectivity index (χ1) is 20.3. The molecule has 0 spiro atoms. The molecule has 3 aromatic carbocycles. The van der Waals surface area contributed by atoms with Crippen LogP contribution >= 0.6 is 0 Å². The molecule has 0 bridgehead atoms. The molecule has 0 aromatic heterocycles. The van der Waals surface area contributed by atoms with E-state index in [9.17, 15) is 18.5 Å². The number of rotatable bonds is 10. The third-order valence-corrected chi connectivity index (χ3v) is 9.55. The second-order valence-electron chi connectivity index (χ2n) is 10.5. The summed E-state index contributed by atoms with van der Waals surface area (Å²) in [5.74, 6) is 0. The summed E-state index contributed by atoms with van der Waals surface area (Å²) in [5, 5.41) is 12.2. The van der Waals surface area contributed by atoms with Crippen molar-refractivity contribution in [1.29, 1.82) is 0 Å². The molecule has 2 aliphatic rings. The molecule has 0 saturated carbocycles. The fraction of sp³-hybridized carbons (Fsp3) is 0.400. The van der Waals surface area contributed by atoms with Gasteiger partial charge in [-0.3, -0.25) is 10.1 Å². The maximum absolute atomic E-state index is 13.6. The molecule has 0 N–H and O–H groups in total. The van der Waals surface area contributed by atoms with E-state index in [-0.39, 0.29) is 17.1 Å². The van der Waals surface area contributed by atoms with Gasteiger partial charge in [0.2, 0.25) is 10.0 Å². The largest absolute Gasteiger partial charge is 0.378 e. The fourth-order valence-electron chi connectivity index (χ4n) is 5.49. The van der Waals surface area contributed by atoms with Crippen LogP contribution in [0.2, 0.25) is 0 Å². The van der Waals surface area contributed by atoms with E-state index in [0.29, 0.717) is 38.7 Å². The van der Waals surface area contributed by atoms with E-state index in [0.717, 1.165) is 48.7 Å². The lowest BCUT2D eigenvalue weighted by molar-refractivity contribution is -0.384. The third-order valence-electron chi connectivity index (χ3n) is 7.75. The molecule has 0 radical (unpaired) electrons. The van der Waals surface area contributed by atoms with Crippen molar-refractivity contribution in [2.75, 3.05) is 81.4 Å². The number of nitro benzene ring substituents is 1. The Hall–Kier alpha value is -3.71. The van der Waals surface area contributed by atoms with Gasteiger partial charge in [-0.2, -0.15) is 4.31 Å². The van der Waals surface area contributed by atoms with Crippen LogP contribution in [0.4, 0.5) is 22.7 Å². The van der Waals surface area contributed by atoms with Crippen LogP contribution in [-0.4, -0.2) is 84.3 Å². The Morgan fingerprint density at radius 3 is 1.81 bits per heavy atom. The highest BCUT2D eigenvalue weighted by atomic mass is 32.2. The summed E-state index contributed by atoms with van der Waals surface area (Å²) in [5.41, 5.74) is 3.99. The van der Waals surface area contributed by atoms with Crippen LogP contribution in [0.5, 0.6) is 0 Å². The molecule has 2 saturated heterocycles. The van der Waals surface area contributed by atoms with Crippen molar-refractivity contribution < 1.29 is 22.8 Å². The van der Waals surface area contributed by atoms with Gasteiger partial charge in [0.05, 0.1) is 36.2 Å². The Morgan fingerprint density at radius 2 is 1.29 bits per heavy atom. The average molecular weight is 596 g/mol. The second kappa shape index (κ2) is 13.1. The molecule has 3 aromatic rings. The summed E-state index contributed by atoms with van der Waals surface area (Å²) < 4.78 is 39.5. The first kappa shape index (κ1) is 29.8. The Morgan fingerprint density at radius 1 is 0.786 bits per heavy atom. The third kappa shape index (κ3) is 6.51. The summed E-state index contributed by atoms with van der Waals surface area (Å²) in [6.07, 6.45) is 0. The van der Waals surface area contributed by atoms with Gasteiger partial charge in [0.1, 0.15) is 5.69 Å². The van der Waals surface area contributed by atoms with Gasteiger partial charge in [0.15, 0.2) is 0 Å². The molecule has 0 amide bonds. The number of morpholine rings is 2. The lowest BCUT2D eigenvalue weighted by Gasteiger charge is -2.32. The molecule has 5 rings (SSSR count). The van der Waals surface area contributed by atoms with Crippen molar-refractivity contribution in [3.05, 3.63) is 88.0 Å². The first-order valence-corrected chi connectivity index (χ1v) is 15.5. The van der Waals surface area contributed by atoms with Crippen molar-refractivity contribution in [2.45, 2.75) is 18.0 Å². The Bertz CT molecular complexity index is 1510. The summed E-state index contributed by atoms with van der Waals surface area (Å²) >= 11 is 0. The first-order valence-electron chi connectivity index (χ1n) is 14.0. The highest BCUT2D eigenvalue weighted by Gasteiger charge is 2.28. The van der Waals surface area contributed by atoms with Gasteiger partial charge in [0.25, 0.3) is 5.69 Å². The van der Waals surface area contributed by atoms with Gasteiger partial charge in [-0.1, -0.05) is 36.4 Å². The van der Waals surface area contributed by atoms with Crippen LogP contribution < -0.4 is 14.7 Å². The highest BCUT2D eigenvalue weighted by Crippen LogP contribution is 2.34. The molecule has 42 heavy (non-hydrogen) atoms. The van der Waals surface area contributed by atoms with Gasteiger partial charge < -0.3 is 24.2 Å². The van der Waals surface area contributed by atoms with E-state index >= 15 is 0 Å². The van der Waals surface area contributed by atoms with Crippen LogP contribution in [0.3, 0.4) is 0 Å². The maximum Gasteiger partial charge on any atom is 0.293 e. The minimum absolute atomic E-state index is 0.119. The quantitative estimate of drug-likeness (QED) is 0.256. The van der Waals surface area contributed by atoms with E-state index < -0.39 is 14.9 Å². The van der Waals surface area contributed by atoms with Crippen LogP contribution in [0.1, 0.15) is 11.1 Å². The zero-order valence-corrected chi connectivity index (χ0v) is 24.8. The predicted octanol–water partition coefficient (Wildman–Crippen LogP) is 3.73. The molecule has 2 aliphatic heterocycles. The van der Waals surface area contributed by atoms with E-state index in [1.165, 1.54) is 29.6 Å². The van der Waals surface area contributed by atoms with Gasteiger partial charge in [-0.15, -0.1) is 0 Å². The van der Waals surface area contributed by atoms with Crippen molar-refractivity contribution in [1.82, 2.24) is 4.31 Å². The maximum atomic E-state index is 13.6. The average Bonchev–Trinajstić information content (AvgIpc) is 3.02. The SMILES string of the molecule is CN(Cc1ccccc1N1CCOCC1)c1ccc(S(=O)(=O)N(C)Cc2ccccc2N2CCOCC2)cc1[N+](=O)[O-]. The molecule has 2 heterocycles. The summed E-state index contributed by atoms with van der Waals surface area (Å²) in [6, 6.07) is 19.8. The zero-order chi connectivity index (χ0) is 29.7. The molecule has 0 aliphatic carbocycles. The molecule has 2 fully saturated rings. The highest BCUT2D eigenvalue weighted by molar-refractivity contribution is 7.89. The van der Waals surface area contributed by atoms with Crippen molar-refractivity contribution in [3.63, 3.8) is 0 Å². The summed E-state index contributed by atoms with van der Waals surface area (Å²) in [4.78, 5) is 17.8. The van der Waals surface area contributed by atoms with Gasteiger partial charge in [0, 0.05) is 70.8 Å². The van der Waals surface area contributed by atoms with E-state index in [4.69, 9.17) is 9.47 Å². The van der Waals surface area contributed by atoms with Crippen molar-refractivity contribution >= 4 is 32.8 Å². The molecular formula is C30H37N5O6S. The number of ether oxygens (including phenoxy) is 2. The Labute approximate surface area is 247 Å². The lowest BCUT2D eigenvalue weighted by Crippen LogP contribution is -2.37. The number of nitro groups is 1. The normalized spacial score (nSPS) is 16.1. The number of benzene rings is 3. The standard InChI is InChI=1S/C30H37N5O6S/c1-31(22-24-7-3-5-9-27(24)33-13-17-40-18-14-33)29-12-11-26(21-30(29)35(36)37)42(38,39)32(2)23-25-8-4-6-10-28(25)34-15-19-41-20-16-34/h3-12,21H,13-20,22-23H2,1-2H3. The number of hydrogen-bond acceptors (Lipinski definition) is 9. The van der Waals surface area contributed by atoms with Gasteiger partial charge >= 0.3 is 0 Å². The second-order valence-corrected chi connectivity index (χ2v) is 12.5. The van der Waals surface area contributed by atoms with Crippen LogP contribution in [0.15, 0.2) is 71.6 Å². The Kier molecular flexibility index (Phi) is 9.27. The number of hydrogen-bond donors (Lipinski definition) is 0. The zero-order valence-electron chi connectivity index (χ0n) is 24.0. The van der Waals surface area contributed by atoms with Crippen LogP contribution in [0, 0.1) is 10.1 Å². The monoisotopic (exact) mass is 595 g/mol. The minimum atomic E-state index is -4.01. The minimum Gasteiger partial charge on any atom is -0.378 e. The molecule has 11 nitrogen and oxygen atoms in total. The van der Waals surface area contributed by atoms with Gasteiger partial charge in [-0.25, -0.2) is 8.42 Å². The fourth-order valence-corrected chi connectivity index (χ4v) is 6.66. The van der Waals surface area contributed by atoms with E-state index in [1.807, 2.05) is 48.5 Å².